The summed E-state index contributed by atoms with van der Waals surface area (Å²) >= 11 is 0. The monoisotopic (exact) mass is 215 g/mol. The number of nitrogens with zero attached hydrogens (tertiary/aromatic N) is 1. The maximum absolute atomic E-state index is 11.6. The molecule has 1 N–H and O–H groups in total. The number of rotatable bonds is 2. The highest BCUT2D eigenvalue weighted by molar-refractivity contribution is 5.27. The summed E-state index contributed by atoms with van der Waals surface area (Å²) in [5.41, 5.74) is 1.84. The molecular formula is C13H13NO2. The Hall–Kier alpha value is -2.03. The molecule has 0 radical (unpaired) electrons. The SMILES string of the molecule is Cc1ccn(Cc2cccc(O)c2)c(=O)c1. The van der Waals surface area contributed by atoms with Gasteiger partial charge in [0, 0.05) is 12.3 Å². The van der Waals surface area contributed by atoms with Crippen molar-refractivity contribution in [2.75, 3.05) is 0 Å². The molecule has 0 saturated carbocycles. The minimum Gasteiger partial charge on any atom is -0.508 e. The van der Waals surface area contributed by atoms with Gasteiger partial charge in [0.1, 0.15) is 5.75 Å². The number of phenols is 1. The molecule has 16 heavy (non-hydrogen) atoms. The predicted octanol–water partition coefficient (Wildman–Crippen LogP) is 1.91. The van der Waals surface area contributed by atoms with Crippen LogP contribution < -0.4 is 5.56 Å². The van der Waals surface area contributed by atoms with Gasteiger partial charge < -0.3 is 9.67 Å². The molecule has 2 rings (SSSR count). The molecule has 1 aromatic carbocycles. The van der Waals surface area contributed by atoms with E-state index in [4.69, 9.17) is 0 Å². The minimum absolute atomic E-state index is 0.0247. The van der Waals surface area contributed by atoms with Crippen molar-refractivity contribution in [3.63, 3.8) is 0 Å². The summed E-state index contributed by atoms with van der Waals surface area (Å²) in [4.78, 5) is 11.6. The van der Waals surface area contributed by atoms with Crippen molar-refractivity contribution in [3.05, 3.63) is 64.1 Å². The maximum Gasteiger partial charge on any atom is 0.251 e. The van der Waals surface area contributed by atoms with Crippen molar-refractivity contribution in [3.8, 4) is 5.75 Å². The van der Waals surface area contributed by atoms with Crippen LogP contribution in [0.1, 0.15) is 11.1 Å². The molecule has 0 amide bonds. The first-order valence-corrected chi connectivity index (χ1v) is 5.10. The Morgan fingerprint density at radius 1 is 1.25 bits per heavy atom. The quantitative estimate of drug-likeness (QED) is 0.831. The molecule has 1 aromatic heterocycles. The molecule has 0 unspecified atom stereocenters. The van der Waals surface area contributed by atoms with E-state index in [-0.39, 0.29) is 11.3 Å². The summed E-state index contributed by atoms with van der Waals surface area (Å²) in [5, 5.41) is 9.32. The molecule has 3 heteroatoms. The van der Waals surface area contributed by atoms with Gasteiger partial charge >= 0.3 is 0 Å². The van der Waals surface area contributed by atoms with E-state index in [1.165, 1.54) is 0 Å². The first-order valence-electron chi connectivity index (χ1n) is 5.10. The van der Waals surface area contributed by atoms with Crippen molar-refractivity contribution < 1.29 is 5.11 Å². The lowest BCUT2D eigenvalue weighted by Crippen LogP contribution is -2.19. The van der Waals surface area contributed by atoms with Gasteiger partial charge in [-0.05, 0) is 36.2 Å². The van der Waals surface area contributed by atoms with Crippen LogP contribution in [-0.2, 0) is 6.54 Å². The number of aromatic hydroxyl groups is 1. The van der Waals surface area contributed by atoms with Crippen molar-refractivity contribution in [1.82, 2.24) is 4.57 Å². The molecule has 0 spiro atoms. The smallest absolute Gasteiger partial charge is 0.251 e. The second-order valence-corrected chi connectivity index (χ2v) is 3.84. The summed E-state index contributed by atoms with van der Waals surface area (Å²) in [7, 11) is 0. The highest BCUT2D eigenvalue weighted by Crippen LogP contribution is 2.11. The predicted molar refractivity (Wildman–Crippen MR) is 62.6 cm³/mol. The van der Waals surface area contributed by atoms with Gasteiger partial charge in [0.25, 0.3) is 5.56 Å². The summed E-state index contributed by atoms with van der Waals surface area (Å²) in [6, 6.07) is 10.4. The zero-order valence-electron chi connectivity index (χ0n) is 9.05. The number of hydrogen-bond acceptors (Lipinski definition) is 2. The van der Waals surface area contributed by atoms with Gasteiger partial charge in [-0.2, -0.15) is 0 Å². The zero-order valence-corrected chi connectivity index (χ0v) is 9.05. The van der Waals surface area contributed by atoms with Crippen LogP contribution in [0.15, 0.2) is 47.4 Å². The fourth-order valence-electron chi connectivity index (χ4n) is 1.59. The first-order chi connectivity index (χ1) is 7.65. The van der Waals surface area contributed by atoms with Crippen molar-refractivity contribution in [2.45, 2.75) is 13.5 Å². The highest BCUT2D eigenvalue weighted by Gasteiger charge is 1.98. The van der Waals surface area contributed by atoms with Gasteiger partial charge in [-0.1, -0.05) is 12.1 Å². The van der Waals surface area contributed by atoms with Crippen LogP contribution in [0.2, 0.25) is 0 Å². The van der Waals surface area contributed by atoms with E-state index in [1.54, 1.807) is 35.0 Å². The fraction of sp³-hybridized carbons (Fsp3) is 0.154. The molecule has 0 aliphatic rings. The van der Waals surface area contributed by atoms with Gasteiger partial charge in [-0.3, -0.25) is 4.79 Å². The van der Waals surface area contributed by atoms with Gasteiger partial charge in [-0.15, -0.1) is 0 Å². The number of aryl methyl sites for hydroxylation is 1. The standard InChI is InChI=1S/C13H13NO2/c1-10-5-6-14(13(16)7-10)9-11-3-2-4-12(15)8-11/h2-8,15H,9H2,1H3. The summed E-state index contributed by atoms with van der Waals surface area (Å²) < 4.78 is 1.61. The van der Waals surface area contributed by atoms with Crippen LogP contribution in [0.5, 0.6) is 5.75 Å². The summed E-state index contributed by atoms with van der Waals surface area (Å²) in [5.74, 6) is 0.220. The van der Waals surface area contributed by atoms with Crippen molar-refractivity contribution >= 4 is 0 Å². The number of benzene rings is 1. The molecular weight excluding hydrogens is 202 g/mol. The topological polar surface area (TPSA) is 42.2 Å². The van der Waals surface area contributed by atoms with Crippen LogP contribution in [0.3, 0.4) is 0 Å². The lowest BCUT2D eigenvalue weighted by molar-refractivity contribution is 0.474. The Labute approximate surface area is 93.6 Å². The molecule has 0 fully saturated rings. The third-order valence-corrected chi connectivity index (χ3v) is 2.42. The Morgan fingerprint density at radius 2 is 2.06 bits per heavy atom. The van der Waals surface area contributed by atoms with Gasteiger partial charge in [0.05, 0.1) is 6.54 Å². The van der Waals surface area contributed by atoms with Gasteiger partial charge in [0.15, 0.2) is 0 Å². The fourth-order valence-corrected chi connectivity index (χ4v) is 1.59. The zero-order chi connectivity index (χ0) is 11.5. The third-order valence-electron chi connectivity index (χ3n) is 2.42. The van der Waals surface area contributed by atoms with E-state index in [0.717, 1.165) is 11.1 Å². The molecule has 2 aromatic rings. The molecule has 1 heterocycles. The average molecular weight is 215 g/mol. The van der Waals surface area contributed by atoms with Crippen molar-refractivity contribution in [1.29, 1.82) is 0 Å². The molecule has 0 saturated heterocycles. The molecule has 0 bridgehead atoms. The highest BCUT2D eigenvalue weighted by atomic mass is 16.3. The second kappa shape index (κ2) is 4.23. The molecule has 0 aliphatic carbocycles. The number of hydrogen-bond donors (Lipinski definition) is 1. The third kappa shape index (κ3) is 2.31. The Balaban J connectivity index is 2.31. The van der Waals surface area contributed by atoms with E-state index in [2.05, 4.69) is 0 Å². The van der Waals surface area contributed by atoms with Crippen LogP contribution in [0.4, 0.5) is 0 Å². The lowest BCUT2D eigenvalue weighted by atomic mass is 10.2. The maximum atomic E-state index is 11.6. The first kappa shape index (κ1) is 10.5. The Bertz CT molecular complexity index is 558. The normalized spacial score (nSPS) is 10.3. The molecule has 0 aliphatic heterocycles. The van der Waals surface area contributed by atoms with E-state index in [9.17, 15) is 9.90 Å². The lowest BCUT2D eigenvalue weighted by Gasteiger charge is -2.06. The molecule has 3 nitrogen and oxygen atoms in total. The molecule has 0 atom stereocenters. The van der Waals surface area contributed by atoms with E-state index < -0.39 is 0 Å². The van der Waals surface area contributed by atoms with E-state index in [1.807, 2.05) is 19.1 Å². The van der Waals surface area contributed by atoms with Crippen LogP contribution in [0, 0.1) is 6.92 Å². The van der Waals surface area contributed by atoms with Crippen LogP contribution in [-0.4, -0.2) is 9.67 Å². The minimum atomic E-state index is -0.0247. The van der Waals surface area contributed by atoms with Gasteiger partial charge in [-0.25, -0.2) is 0 Å². The largest absolute Gasteiger partial charge is 0.508 e. The van der Waals surface area contributed by atoms with E-state index in [0.29, 0.717) is 6.54 Å². The average Bonchev–Trinajstić information content (AvgIpc) is 2.22. The van der Waals surface area contributed by atoms with Gasteiger partial charge in [0.2, 0.25) is 0 Å². The number of pyridine rings is 1. The number of phenolic OH excluding ortho intramolecular Hbond substituents is 1. The second-order valence-electron chi connectivity index (χ2n) is 3.84. The van der Waals surface area contributed by atoms with Crippen LogP contribution in [0.25, 0.3) is 0 Å². The molecule has 82 valence electrons. The van der Waals surface area contributed by atoms with E-state index >= 15 is 0 Å². The summed E-state index contributed by atoms with van der Waals surface area (Å²) in [6.07, 6.45) is 1.77. The Kier molecular flexibility index (Phi) is 2.77. The summed E-state index contributed by atoms with van der Waals surface area (Å²) in [6.45, 7) is 2.37. The Morgan fingerprint density at radius 3 is 2.75 bits per heavy atom. The van der Waals surface area contributed by atoms with Crippen molar-refractivity contribution in [2.24, 2.45) is 0 Å². The number of aromatic nitrogens is 1. The van der Waals surface area contributed by atoms with Crippen LogP contribution >= 0.6 is 0 Å².